The maximum Gasteiger partial charge on any atom is 0.374 e. The van der Waals surface area contributed by atoms with Crippen LogP contribution in [0.4, 0.5) is 4.39 Å². The van der Waals surface area contributed by atoms with Crippen molar-refractivity contribution in [2.24, 2.45) is 0 Å². The summed E-state index contributed by atoms with van der Waals surface area (Å²) in [6.07, 6.45) is 0. The number of para-hydroxylation sites is 1. The number of fused-ring (bicyclic) bond motifs is 1. The zero-order valence-electron chi connectivity index (χ0n) is 12.3. The van der Waals surface area contributed by atoms with E-state index in [0.717, 1.165) is 18.2 Å². The Balaban J connectivity index is 1.74. The summed E-state index contributed by atoms with van der Waals surface area (Å²) in [5.74, 6) is -2.17. The molecule has 1 heterocycles. The van der Waals surface area contributed by atoms with E-state index < -0.39 is 24.2 Å². The molecule has 3 aromatic rings. The standard InChI is InChI=1S/C18H11FO5/c19-12-7-5-11(6-8-12)15(21)10-23-18(22)17-9-14(20)13-3-1-2-4-16(13)24-17/h1-9H,10H2. The van der Waals surface area contributed by atoms with Crippen molar-refractivity contribution >= 4 is 22.7 Å². The number of carbonyl (C=O) groups is 2. The molecule has 0 spiro atoms. The first-order chi connectivity index (χ1) is 11.5. The van der Waals surface area contributed by atoms with Gasteiger partial charge in [-0.3, -0.25) is 9.59 Å². The SMILES string of the molecule is O=C(COC(=O)c1cc(=O)c2ccccc2o1)c1ccc(F)cc1. The molecule has 0 aliphatic heterocycles. The normalized spacial score (nSPS) is 10.5. The van der Waals surface area contributed by atoms with Gasteiger partial charge in [0.2, 0.25) is 5.76 Å². The van der Waals surface area contributed by atoms with Crippen LogP contribution in [0.5, 0.6) is 0 Å². The van der Waals surface area contributed by atoms with Crippen molar-refractivity contribution in [3.8, 4) is 0 Å². The summed E-state index contributed by atoms with van der Waals surface area (Å²) in [6.45, 7) is -0.541. The molecule has 0 fully saturated rings. The lowest BCUT2D eigenvalue weighted by atomic mass is 10.1. The van der Waals surface area contributed by atoms with Gasteiger partial charge in [0.25, 0.3) is 0 Å². The summed E-state index contributed by atoms with van der Waals surface area (Å²) in [7, 11) is 0. The molecule has 0 bridgehead atoms. The van der Waals surface area contributed by atoms with Crippen molar-refractivity contribution in [1.29, 1.82) is 0 Å². The van der Waals surface area contributed by atoms with Crippen LogP contribution in [0.2, 0.25) is 0 Å². The van der Waals surface area contributed by atoms with Gasteiger partial charge in [-0.25, -0.2) is 9.18 Å². The van der Waals surface area contributed by atoms with E-state index in [1.165, 1.54) is 12.1 Å². The van der Waals surface area contributed by atoms with Gasteiger partial charge in [0.15, 0.2) is 17.8 Å². The minimum absolute atomic E-state index is 0.212. The first-order valence-corrected chi connectivity index (χ1v) is 7.03. The van der Waals surface area contributed by atoms with Crippen molar-refractivity contribution in [3.63, 3.8) is 0 Å². The number of hydrogen-bond acceptors (Lipinski definition) is 5. The smallest absolute Gasteiger partial charge is 0.374 e. The van der Waals surface area contributed by atoms with E-state index in [-0.39, 0.29) is 22.3 Å². The highest BCUT2D eigenvalue weighted by molar-refractivity contribution is 5.99. The second-order valence-corrected chi connectivity index (χ2v) is 4.98. The summed E-state index contributed by atoms with van der Waals surface area (Å²) in [6, 6.07) is 12.4. The van der Waals surface area contributed by atoms with Gasteiger partial charge in [-0.2, -0.15) is 0 Å². The Kier molecular flexibility index (Phi) is 4.20. The van der Waals surface area contributed by atoms with Gasteiger partial charge in [0, 0.05) is 11.6 Å². The van der Waals surface area contributed by atoms with Gasteiger partial charge in [-0.05, 0) is 36.4 Å². The highest BCUT2D eigenvalue weighted by atomic mass is 19.1. The maximum absolute atomic E-state index is 12.8. The molecule has 0 aliphatic carbocycles. The van der Waals surface area contributed by atoms with Gasteiger partial charge in [-0.15, -0.1) is 0 Å². The number of ether oxygens (including phenoxy) is 1. The topological polar surface area (TPSA) is 73.6 Å². The van der Waals surface area contributed by atoms with E-state index in [1.807, 2.05) is 0 Å². The van der Waals surface area contributed by atoms with Gasteiger partial charge >= 0.3 is 5.97 Å². The third-order valence-electron chi connectivity index (χ3n) is 3.34. The average Bonchev–Trinajstić information content (AvgIpc) is 2.60. The van der Waals surface area contributed by atoms with Crippen LogP contribution in [-0.4, -0.2) is 18.4 Å². The number of benzene rings is 2. The van der Waals surface area contributed by atoms with E-state index in [4.69, 9.17) is 9.15 Å². The lowest BCUT2D eigenvalue weighted by molar-refractivity contribution is 0.0444. The van der Waals surface area contributed by atoms with Crippen molar-refractivity contribution < 1.29 is 23.1 Å². The molecule has 6 heteroatoms. The number of Topliss-reactive ketones (excluding diaryl/α,β-unsaturated/α-hetero) is 1. The molecule has 0 radical (unpaired) electrons. The van der Waals surface area contributed by atoms with Gasteiger partial charge < -0.3 is 9.15 Å². The van der Waals surface area contributed by atoms with Crippen LogP contribution in [0.25, 0.3) is 11.0 Å². The van der Waals surface area contributed by atoms with E-state index >= 15 is 0 Å². The number of rotatable bonds is 4. The summed E-state index contributed by atoms with van der Waals surface area (Å²) in [5, 5.41) is 0.344. The van der Waals surface area contributed by atoms with E-state index in [1.54, 1.807) is 24.3 Å². The van der Waals surface area contributed by atoms with Crippen LogP contribution in [0.15, 0.2) is 63.8 Å². The largest absolute Gasteiger partial charge is 0.451 e. The maximum atomic E-state index is 12.8. The Morgan fingerprint density at radius 3 is 2.50 bits per heavy atom. The number of carbonyl (C=O) groups excluding carboxylic acids is 2. The molecule has 1 aromatic heterocycles. The predicted molar refractivity (Wildman–Crippen MR) is 83.5 cm³/mol. The molecule has 0 saturated heterocycles. The summed E-state index contributed by atoms with van der Waals surface area (Å²) >= 11 is 0. The van der Waals surface area contributed by atoms with Crippen molar-refractivity contribution in [2.45, 2.75) is 0 Å². The summed E-state index contributed by atoms with van der Waals surface area (Å²) < 4.78 is 23.0. The number of halogens is 1. The molecule has 0 aliphatic rings. The lowest BCUT2D eigenvalue weighted by Crippen LogP contribution is -2.16. The molecule has 0 unspecified atom stereocenters. The molecule has 0 N–H and O–H groups in total. The highest BCUT2D eigenvalue weighted by Gasteiger charge is 2.16. The predicted octanol–water partition coefficient (Wildman–Crippen LogP) is 2.97. The molecule has 120 valence electrons. The Morgan fingerprint density at radius 2 is 1.75 bits per heavy atom. The van der Waals surface area contributed by atoms with Gasteiger partial charge in [0.05, 0.1) is 5.39 Å². The minimum Gasteiger partial charge on any atom is -0.451 e. The van der Waals surface area contributed by atoms with Crippen LogP contribution >= 0.6 is 0 Å². The Hall–Kier alpha value is -3.28. The van der Waals surface area contributed by atoms with E-state index in [0.29, 0.717) is 5.39 Å². The highest BCUT2D eigenvalue weighted by Crippen LogP contribution is 2.12. The summed E-state index contributed by atoms with van der Waals surface area (Å²) in [4.78, 5) is 35.8. The Labute approximate surface area is 135 Å². The molecule has 0 atom stereocenters. The molecular weight excluding hydrogens is 315 g/mol. The number of ketones is 1. The minimum atomic E-state index is -0.923. The van der Waals surface area contributed by atoms with Gasteiger partial charge in [0.1, 0.15) is 11.4 Å². The first kappa shape index (κ1) is 15.6. The van der Waals surface area contributed by atoms with Crippen LogP contribution in [0.1, 0.15) is 20.9 Å². The molecular formula is C18H11FO5. The quantitative estimate of drug-likeness (QED) is 0.544. The molecule has 0 saturated carbocycles. The Morgan fingerprint density at radius 1 is 1.04 bits per heavy atom. The molecule has 0 amide bonds. The monoisotopic (exact) mass is 326 g/mol. The molecule has 2 aromatic carbocycles. The fourth-order valence-electron chi connectivity index (χ4n) is 2.13. The second-order valence-electron chi connectivity index (χ2n) is 4.98. The third-order valence-corrected chi connectivity index (χ3v) is 3.34. The number of hydrogen-bond donors (Lipinski definition) is 0. The van der Waals surface area contributed by atoms with E-state index in [2.05, 4.69) is 0 Å². The number of esters is 1. The van der Waals surface area contributed by atoms with Gasteiger partial charge in [-0.1, -0.05) is 12.1 Å². The summed E-state index contributed by atoms with van der Waals surface area (Å²) in [5.41, 5.74) is 0.0830. The molecule has 24 heavy (non-hydrogen) atoms. The van der Waals surface area contributed by atoms with Crippen molar-refractivity contribution in [3.05, 3.63) is 82.0 Å². The molecule has 3 rings (SSSR count). The fraction of sp³-hybridized carbons (Fsp3) is 0.0556. The Bertz CT molecular complexity index is 973. The van der Waals surface area contributed by atoms with Crippen LogP contribution in [-0.2, 0) is 4.74 Å². The molecule has 5 nitrogen and oxygen atoms in total. The zero-order valence-corrected chi connectivity index (χ0v) is 12.3. The van der Waals surface area contributed by atoms with Crippen LogP contribution < -0.4 is 5.43 Å². The fourth-order valence-corrected chi connectivity index (χ4v) is 2.13. The first-order valence-electron chi connectivity index (χ1n) is 7.03. The van der Waals surface area contributed by atoms with E-state index in [9.17, 15) is 18.8 Å². The average molecular weight is 326 g/mol. The second kappa shape index (κ2) is 6.45. The van der Waals surface area contributed by atoms with Crippen LogP contribution in [0, 0.1) is 5.82 Å². The van der Waals surface area contributed by atoms with Crippen molar-refractivity contribution in [1.82, 2.24) is 0 Å². The lowest BCUT2D eigenvalue weighted by Gasteiger charge is -2.05. The zero-order chi connectivity index (χ0) is 17.1. The van der Waals surface area contributed by atoms with Crippen molar-refractivity contribution in [2.75, 3.05) is 6.61 Å². The van der Waals surface area contributed by atoms with Crippen LogP contribution in [0.3, 0.4) is 0 Å². The third kappa shape index (κ3) is 3.22.